The zero-order valence-electron chi connectivity index (χ0n) is 12.1. The van der Waals surface area contributed by atoms with Crippen LogP contribution >= 0.6 is 27.5 Å². The summed E-state index contributed by atoms with van der Waals surface area (Å²) >= 11 is 9.64. The van der Waals surface area contributed by atoms with Crippen LogP contribution in [-0.4, -0.2) is 19.2 Å². The summed E-state index contributed by atoms with van der Waals surface area (Å²) in [6.07, 6.45) is 0.733. The van der Waals surface area contributed by atoms with Gasteiger partial charge in [0.05, 0.1) is 6.61 Å². The monoisotopic (exact) mass is 382 g/mol. The number of esters is 1. The highest BCUT2D eigenvalue weighted by Crippen LogP contribution is 2.24. The van der Waals surface area contributed by atoms with Crippen molar-refractivity contribution >= 4 is 33.5 Å². The SMILES string of the molecule is CCOC(=O)COc1ccc(Cc2cc(Br)ccc2Cl)cc1. The lowest BCUT2D eigenvalue weighted by molar-refractivity contribution is -0.145. The minimum atomic E-state index is -0.368. The van der Waals surface area contributed by atoms with E-state index in [0.717, 1.165) is 27.0 Å². The average molecular weight is 384 g/mol. The first-order valence-electron chi connectivity index (χ1n) is 6.89. The van der Waals surface area contributed by atoms with Crippen LogP contribution in [0.3, 0.4) is 0 Å². The molecule has 0 fully saturated rings. The first-order chi connectivity index (χ1) is 10.6. The van der Waals surface area contributed by atoms with E-state index in [-0.39, 0.29) is 12.6 Å². The lowest BCUT2D eigenvalue weighted by Crippen LogP contribution is -2.14. The summed E-state index contributed by atoms with van der Waals surface area (Å²) in [5.74, 6) is 0.268. The molecule has 0 amide bonds. The Morgan fingerprint density at radius 2 is 1.91 bits per heavy atom. The van der Waals surface area contributed by atoms with Gasteiger partial charge in [-0.1, -0.05) is 39.7 Å². The summed E-state index contributed by atoms with van der Waals surface area (Å²) in [5.41, 5.74) is 2.17. The quantitative estimate of drug-likeness (QED) is 0.682. The predicted molar refractivity (Wildman–Crippen MR) is 90.5 cm³/mol. The molecule has 0 aliphatic carbocycles. The van der Waals surface area contributed by atoms with Crippen molar-refractivity contribution in [2.75, 3.05) is 13.2 Å². The summed E-state index contributed by atoms with van der Waals surface area (Å²) in [5, 5.41) is 0.742. The van der Waals surface area contributed by atoms with Crippen LogP contribution in [0, 0.1) is 0 Å². The van der Waals surface area contributed by atoms with Crippen molar-refractivity contribution < 1.29 is 14.3 Å². The Balaban J connectivity index is 1.97. The van der Waals surface area contributed by atoms with Crippen LogP contribution in [-0.2, 0) is 16.0 Å². The van der Waals surface area contributed by atoms with E-state index in [1.165, 1.54) is 0 Å². The molecule has 0 bridgehead atoms. The highest BCUT2D eigenvalue weighted by atomic mass is 79.9. The number of ether oxygens (including phenoxy) is 2. The lowest BCUT2D eigenvalue weighted by Gasteiger charge is -2.08. The minimum absolute atomic E-state index is 0.0787. The molecule has 0 aliphatic rings. The molecule has 0 spiro atoms. The van der Waals surface area contributed by atoms with E-state index in [1.54, 1.807) is 6.92 Å². The Morgan fingerprint density at radius 3 is 2.59 bits per heavy atom. The normalized spacial score (nSPS) is 10.3. The van der Waals surface area contributed by atoms with Crippen LogP contribution in [0.2, 0.25) is 5.02 Å². The van der Waals surface area contributed by atoms with Gasteiger partial charge in [-0.2, -0.15) is 0 Å². The van der Waals surface area contributed by atoms with E-state index in [2.05, 4.69) is 15.9 Å². The van der Waals surface area contributed by atoms with E-state index in [0.29, 0.717) is 12.4 Å². The fourth-order valence-electron chi connectivity index (χ4n) is 1.95. The molecule has 116 valence electrons. The summed E-state index contributed by atoms with van der Waals surface area (Å²) in [6, 6.07) is 13.4. The maximum Gasteiger partial charge on any atom is 0.344 e. The Kier molecular flexibility index (Phi) is 6.28. The summed E-state index contributed by atoms with van der Waals surface area (Å²) in [6.45, 7) is 2.04. The topological polar surface area (TPSA) is 35.5 Å². The van der Waals surface area contributed by atoms with Crippen molar-refractivity contribution in [1.29, 1.82) is 0 Å². The van der Waals surface area contributed by atoms with Crippen molar-refractivity contribution in [1.82, 2.24) is 0 Å². The van der Waals surface area contributed by atoms with E-state index in [1.807, 2.05) is 42.5 Å². The van der Waals surface area contributed by atoms with Gasteiger partial charge in [-0.15, -0.1) is 0 Å². The minimum Gasteiger partial charge on any atom is -0.482 e. The number of carbonyl (C=O) groups is 1. The molecule has 0 atom stereocenters. The molecule has 0 saturated heterocycles. The predicted octanol–water partition coefficient (Wildman–Crippen LogP) is 4.64. The third kappa shape index (κ3) is 5.04. The maximum absolute atomic E-state index is 11.2. The van der Waals surface area contributed by atoms with Crippen molar-refractivity contribution in [3.63, 3.8) is 0 Å². The number of hydrogen-bond acceptors (Lipinski definition) is 3. The molecule has 0 aromatic heterocycles. The molecule has 2 aromatic carbocycles. The van der Waals surface area contributed by atoms with E-state index in [9.17, 15) is 4.79 Å². The first kappa shape index (κ1) is 16.8. The highest BCUT2D eigenvalue weighted by Gasteiger charge is 2.05. The second kappa shape index (κ2) is 8.20. The van der Waals surface area contributed by atoms with Crippen LogP contribution in [0.1, 0.15) is 18.1 Å². The molecule has 0 heterocycles. The van der Waals surface area contributed by atoms with Gasteiger partial charge in [-0.3, -0.25) is 0 Å². The lowest BCUT2D eigenvalue weighted by atomic mass is 10.1. The number of hydrogen-bond donors (Lipinski definition) is 0. The smallest absolute Gasteiger partial charge is 0.344 e. The van der Waals surface area contributed by atoms with Gasteiger partial charge in [-0.05, 0) is 54.8 Å². The number of halogens is 2. The number of benzene rings is 2. The van der Waals surface area contributed by atoms with Crippen LogP contribution < -0.4 is 4.74 Å². The van der Waals surface area contributed by atoms with Gasteiger partial charge in [0.2, 0.25) is 0 Å². The summed E-state index contributed by atoms with van der Waals surface area (Å²) in [7, 11) is 0. The summed E-state index contributed by atoms with van der Waals surface area (Å²) < 4.78 is 11.2. The number of carbonyl (C=O) groups excluding carboxylic acids is 1. The third-order valence-corrected chi connectivity index (χ3v) is 3.85. The standard InChI is InChI=1S/C17H16BrClO3/c1-2-21-17(20)11-22-15-6-3-12(4-7-15)9-13-10-14(18)5-8-16(13)19/h3-8,10H,2,9,11H2,1H3. The largest absolute Gasteiger partial charge is 0.482 e. The first-order valence-corrected chi connectivity index (χ1v) is 8.07. The maximum atomic E-state index is 11.2. The van der Waals surface area contributed by atoms with Crippen LogP contribution in [0.15, 0.2) is 46.9 Å². The van der Waals surface area contributed by atoms with Gasteiger partial charge < -0.3 is 9.47 Å². The molecule has 0 saturated carbocycles. The van der Waals surface area contributed by atoms with E-state index >= 15 is 0 Å². The van der Waals surface area contributed by atoms with Gasteiger partial charge in [0, 0.05) is 9.50 Å². The van der Waals surface area contributed by atoms with Crippen molar-refractivity contribution in [2.45, 2.75) is 13.3 Å². The molecule has 2 aromatic rings. The van der Waals surface area contributed by atoms with Crippen molar-refractivity contribution in [2.24, 2.45) is 0 Å². The van der Waals surface area contributed by atoms with E-state index in [4.69, 9.17) is 21.1 Å². The molecule has 5 heteroatoms. The second-order valence-electron chi connectivity index (χ2n) is 4.65. The fraction of sp³-hybridized carbons (Fsp3) is 0.235. The number of rotatable bonds is 6. The highest BCUT2D eigenvalue weighted by molar-refractivity contribution is 9.10. The average Bonchev–Trinajstić information content (AvgIpc) is 2.50. The Labute approximate surface area is 143 Å². The Bertz CT molecular complexity index is 641. The van der Waals surface area contributed by atoms with Gasteiger partial charge in [0.25, 0.3) is 0 Å². The third-order valence-electron chi connectivity index (χ3n) is 2.99. The molecule has 0 unspecified atom stereocenters. The van der Waals surface area contributed by atoms with Gasteiger partial charge in [-0.25, -0.2) is 4.79 Å². The fourth-order valence-corrected chi connectivity index (χ4v) is 2.54. The Morgan fingerprint density at radius 1 is 1.18 bits per heavy atom. The van der Waals surface area contributed by atoms with Crippen molar-refractivity contribution in [3.8, 4) is 5.75 Å². The summed E-state index contributed by atoms with van der Waals surface area (Å²) in [4.78, 5) is 11.2. The van der Waals surface area contributed by atoms with Crippen LogP contribution in [0.5, 0.6) is 5.75 Å². The van der Waals surface area contributed by atoms with Gasteiger partial charge >= 0.3 is 5.97 Å². The molecule has 0 N–H and O–H groups in total. The van der Waals surface area contributed by atoms with E-state index < -0.39 is 0 Å². The van der Waals surface area contributed by atoms with Crippen LogP contribution in [0.25, 0.3) is 0 Å². The molecule has 0 aliphatic heterocycles. The van der Waals surface area contributed by atoms with Gasteiger partial charge in [0.1, 0.15) is 5.75 Å². The molecule has 22 heavy (non-hydrogen) atoms. The molecular formula is C17H16BrClO3. The molecule has 0 radical (unpaired) electrons. The molecule has 3 nitrogen and oxygen atoms in total. The Hall–Kier alpha value is -1.52. The van der Waals surface area contributed by atoms with Crippen molar-refractivity contribution in [3.05, 3.63) is 63.1 Å². The zero-order chi connectivity index (χ0) is 15.9. The molecule has 2 rings (SSSR count). The molecular weight excluding hydrogens is 368 g/mol. The van der Waals surface area contributed by atoms with Gasteiger partial charge in [0.15, 0.2) is 6.61 Å². The zero-order valence-corrected chi connectivity index (χ0v) is 14.5. The second-order valence-corrected chi connectivity index (χ2v) is 5.97. The van der Waals surface area contributed by atoms with Crippen LogP contribution in [0.4, 0.5) is 0 Å².